The second-order valence-corrected chi connectivity index (χ2v) is 6.92. The molecule has 0 atom stereocenters. The van der Waals surface area contributed by atoms with E-state index >= 15 is 0 Å². The van der Waals surface area contributed by atoms with E-state index in [4.69, 9.17) is 0 Å². The molecule has 0 heterocycles. The van der Waals surface area contributed by atoms with Gasteiger partial charge in [-0.15, -0.1) is 11.8 Å². The van der Waals surface area contributed by atoms with Crippen molar-refractivity contribution in [1.82, 2.24) is 4.90 Å². The summed E-state index contributed by atoms with van der Waals surface area (Å²) in [7, 11) is 1.69. The van der Waals surface area contributed by atoms with Crippen molar-refractivity contribution in [3.8, 4) is 0 Å². The van der Waals surface area contributed by atoms with Crippen LogP contribution in [0.2, 0.25) is 0 Å². The Morgan fingerprint density at radius 1 is 0.889 bits per heavy atom. The smallest absolute Gasteiger partial charge is 0.238 e. The SMILES string of the molecule is CSc1ccccc1NC(=O)CN(C)CC(=O)Nc1ccccc1C(C)=O. The molecule has 142 valence electrons. The molecule has 0 radical (unpaired) electrons. The molecule has 2 rings (SSSR count). The van der Waals surface area contributed by atoms with E-state index in [0.29, 0.717) is 11.3 Å². The molecule has 0 spiro atoms. The van der Waals surface area contributed by atoms with Crippen LogP contribution in [0.3, 0.4) is 0 Å². The number of Topliss-reactive ketones (excluding diaryl/α,β-unsaturated/α-hetero) is 1. The first-order chi connectivity index (χ1) is 12.9. The number of anilines is 2. The average molecular weight is 385 g/mol. The summed E-state index contributed by atoms with van der Waals surface area (Å²) in [4.78, 5) is 38.7. The standard InChI is InChI=1S/C20H23N3O3S/c1-14(24)15-8-4-5-9-16(15)21-19(25)12-23(2)13-20(26)22-17-10-6-7-11-18(17)27-3/h4-11H,12-13H2,1-3H3,(H,21,25)(H,22,26). The quantitative estimate of drug-likeness (QED) is 0.539. The monoisotopic (exact) mass is 385 g/mol. The number of likely N-dealkylation sites (N-methyl/N-ethyl adjacent to an activating group) is 1. The summed E-state index contributed by atoms with van der Waals surface area (Å²) in [6.45, 7) is 1.56. The van der Waals surface area contributed by atoms with Gasteiger partial charge in [-0.3, -0.25) is 19.3 Å². The van der Waals surface area contributed by atoms with Crippen molar-refractivity contribution in [2.45, 2.75) is 11.8 Å². The van der Waals surface area contributed by atoms with E-state index in [9.17, 15) is 14.4 Å². The Labute approximate surface area is 163 Å². The Morgan fingerprint density at radius 2 is 1.41 bits per heavy atom. The largest absolute Gasteiger partial charge is 0.324 e. The van der Waals surface area contributed by atoms with Gasteiger partial charge in [0, 0.05) is 10.5 Å². The highest BCUT2D eigenvalue weighted by molar-refractivity contribution is 7.98. The molecule has 2 amide bonds. The predicted octanol–water partition coefficient (Wildman–Crippen LogP) is 3.12. The maximum atomic E-state index is 12.2. The zero-order valence-electron chi connectivity index (χ0n) is 15.6. The third-order valence-corrected chi connectivity index (χ3v) is 4.58. The van der Waals surface area contributed by atoms with E-state index < -0.39 is 0 Å². The normalized spacial score (nSPS) is 10.5. The first-order valence-electron chi connectivity index (χ1n) is 8.42. The number of nitrogens with one attached hydrogen (secondary N) is 2. The molecule has 0 aliphatic carbocycles. The van der Waals surface area contributed by atoms with Gasteiger partial charge < -0.3 is 10.6 Å². The van der Waals surface area contributed by atoms with Gasteiger partial charge in [-0.05, 0) is 44.5 Å². The van der Waals surface area contributed by atoms with Crippen LogP contribution in [0.1, 0.15) is 17.3 Å². The molecule has 7 heteroatoms. The van der Waals surface area contributed by atoms with Crippen LogP contribution in [0.4, 0.5) is 11.4 Å². The van der Waals surface area contributed by atoms with Gasteiger partial charge in [0.2, 0.25) is 11.8 Å². The maximum absolute atomic E-state index is 12.2. The van der Waals surface area contributed by atoms with Crippen LogP contribution in [0.5, 0.6) is 0 Å². The molecular weight excluding hydrogens is 362 g/mol. The zero-order valence-corrected chi connectivity index (χ0v) is 16.4. The molecule has 0 unspecified atom stereocenters. The lowest BCUT2D eigenvalue weighted by atomic mass is 10.1. The molecule has 0 aromatic heterocycles. The zero-order chi connectivity index (χ0) is 19.8. The summed E-state index contributed by atoms with van der Waals surface area (Å²) < 4.78 is 0. The average Bonchev–Trinajstić information content (AvgIpc) is 2.62. The molecule has 0 saturated heterocycles. The van der Waals surface area contributed by atoms with Crippen molar-refractivity contribution >= 4 is 40.7 Å². The van der Waals surface area contributed by atoms with Crippen molar-refractivity contribution in [1.29, 1.82) is 0 Å². The van der Waals surface area contributed by atoms with E-state index in [1.165, 1.54) is 6.92 Å². The van der Waals surface area contributed by atoms with Crippen LogP contribution in [-0.4, -0.2) is 48.9 Å². The number of nitrogens with zero attached hydrogens (tertiary/aromatic N) is 1. The Morgan fingerprint density at radius 3 is 2.00 bits per heavy atom. The highest BCUT2D eigenvalue weighted by atomic mass is 32.2. The van der Waals surface area contributed by atoms with E-state index in [-0.39, 0.29) is 30.7 Å². The minimum Gasteiger partial charge on any atom is -0.324 e. The number of carbonyl (C=O) groups excluding carboxylic acids is 3. The van der Waals surface area contributed by atoms with E-state index in [1.54, 1.807) is 48.0 Å². The summed E-state index contributed by atoms with van der Waals surface area (Å²) in [5.41, 5.74) is 1.69. The van der Waals surface area contributed by atoms with E-state index in [1.807, 2.05) is 30.5 Å². The number of thioether (sulfide) groups is 1. The van der Waals surface area contributed by atoms with E-state index in [2.05, 4.69) is 10.6 Å². The molecule has 0 fully saturated rings. The minimum absolute atomic E-state index is 0.0316. The molecule has 6 nitrogen and oxygen atoms in total. The number of para-hydroxylation sites is 2. The fourth-order valence-electron chi connectivity index (χ4n) is 2.57. The van der Waals surface area contributed by atoms with Gasteiger partial charge in [0.05, 0.1) is 24.5 Å². The van der Waals surface area contributed by atoms with Gasteiger partial charge in [0.25, 0.3) is 0 Å². The van der Waals surface area contributed by atoms with Crippen LogP contribution < -0.4 is 10.6 Å². The number of hydrogen-bond donors (Lipinski definition) is 2. The topological polar surface area (TPSA) is 78.5 Å². The molecule has 2 N–H and O–H groups in total. The summed E-state index contributed by atoms with van der Waals surface area (Å²) in [6.07, 6.45) is 1.94. The fraction of sp³-hybridized carbons (Fsp3) is 0.250. The van der Waals surface area contributed by atoms with Gasteiger partial charge in [0.15, 0.2) is 5.78 Å². The molecule has 2 aromatic rings. The van der Waals surface area contributed by atoms with Crippen molar-refractivity contribution in [2.75, 3.05) is 37.0 Å². The second kappa shape index (κ2) is 9.89. The van der Waals surface area contributed by atoms with Gasteiger partial charge in [-0.1, -0.05) is 24.3 Å². The molecule has 0 aliphatic heterocycles. The first kappa shape index (κ1) is 20.7. The number of amides is 2. The van der Waals surface area contributed by atoms with Crippen LogP contribution in [-0.2, 0) is 9.59 Å². The molecule has 0 saturated carbocycles. The van der Waals surface area contributed by atoms with E-state index in [0.717, 1.165) is 10.6 Å². The lowest BCUT2D eigenvalue weighted by Gasteiger charge is -2.17. The molecule has 0 aliphatic rings. The third kappa shape index (κ3) is 6.23. The summed E-state index contributed by atoms with van der Waals surface area (Å²) in [5, 5.41) is 5.59. The Kier molecular flexibility index (Phi) is 7.57. The van der Waals surface area contributed by atoms with Crippen LogP contribution in [0, 0.1) is 0 Å². The molecular formula is C20H23N3O3S. The van der Waals surface area contributed by atoms with Gasteiger partial charge >= 0.3 is 0 Å². The summed E-state index contributed by atoms with van der Waals surface area (Å²) in [5.74, 6) is -0.606. The number of carbonyl (C=O) groups is 3. The lowest BCUT2D eigenvalue weighted by molar-refractivity contribution is -0.119. The summed E-state index contributed by atoms with van der Waals surface area (Å²) in [6, 6.07) is 14.4. The Bertz CT molecular complexity index is 839. The van der Waals surface area contributed by atoms with Crippen LogP contribution in [0.25, 0.3) is 0 Å². The van der Waals surface area contributed by atoms with Crippen molar-refractivity contribution < 1.29 is 14.4 Å². The molecule has 2 aromatic carbocycles. The predicted molar refractivity (Wildman–Crippen MR) is 109 cm³/mol. The van der Waals surface area contributed by atoms with Crippen molar-refractivity contribution in [2.24, 2.45) is 0 Å². The highest BCUT2D eigenvalue weighted by Crippen LogP contribution is 2.24. The van der Waals surface area contributed by atoms with Crippen molar-refractivity contribution in [3.63, 3.8) is 0 Å². The van der Waals surface area contributed by atoms with Gasteiger partial charge in [-0.25, -0.2) is 0 Å². The third-order valence-electron chi connectivity index (χ3n) is 3.79. The van der Waals surface area contributed by atoms with Crippen molar-refractivity contribution in [3.05, 3.63) is 54.1 Å². The first-order valence-corrected chi connectivity index (χ1v) is 9.64. The number of hydrogen-bond acceptors (Lipinski definition) is 5. The van der Waals surface area contributed by atoms with Crippen LogP contribution in [0.15, 0.2) is 53.4 Å². The fourth-order valence-corrected chi connectivity index (χ4v) is 3.13. The highest BCUT2D eigenvalue weighted by Gasteiger charge is 2.14. The molecule has 27 heavy (non-hydrogen) atoms. The lowest BCUT2D eigenvalue weighted by Crippen LogP contribution is -2.36. The van der Waals surface area contributed by atoms with Crippen LogP contribution >= 0.6 is 11.8 Å². The van der Waals surface area contributed by atoms with Gasteiger partial charge in [-0.2, -0.15) is 0 Å². The maximum Gasteiger partial charge on any atom is 0.238 e. The Balaban J connectivity index is 1.89. The second-order valence-electron chi connectivity index (χ2n) is 6.07. The minimum atomic E-state index is -0.288. The number of rotatable bonds is 8. The molecule has 0 bridgehead atoms. The number of benzene rings is 2. The Hall–Kier alpha value is -2.64. The van der Waals surface area contributed by atoms with Gasteiger partial charge in [0.1, 0.15) is 0 Å². The summed E-state index contributed by atoms with van der Waals surface area (Å²) >= 11 is 1.55. The number of ketones is 1.